The number of hydrogen-bond acceptors (Lipinski definition) is 2. The van der Waals surface area contributed by atoms with Crippen molar-refractivity contribution in [3.63, 3.8) is 0 Å². The van der Waals surface area contributed by atoms with Crippen molar-refractivity contribution >= 4 is 114 Å². The van der Waals surface area contributed by atoms with Crippen LogP contribution in [0.25, 0.3) is 43.1 Å². The molecule has 0 saturated heterocycles. The van der Waals surface area contributed by atoms with Crippen LogP contribution in [0.5, 0.6) is 0 Å². The Balaban J connectivity index is 1.31. The third-order valence-corrected chi connectivity index (χ3v) is 16.0. The summed E-state index contributed by atoms with van der Waals surface area (Å²) < 4.78 is 0. The van der Waals surface area contributed by atoms with Crippen LogP contribution >= 0.6 is 15.8 Å². The average Bonchev–Trinajstić information content (AvgIpc) is 3.25. The monoisotopic (exact) mass is 750 g/mol. The standard InChI is InChI=1S/C52H36N2P2/c1-3-23-43(24-4-1)55-49-31-39-19-11-7-15-35(39)27-45(49)53-47-29-37-17-9-13-21-41(37)33-51(47)56(44-25-5-2-6-26-44)52-34-42-22-14-10-18-38(42)30-48(52)54-46-28-36-16-8-12-20-40(36)32-50(46)55/h1-34,53-54H. The second kappa shape index (κ2) is 13.8. The molecule has 0 bridgehead atoms. The van der Waals surface area contributed by atoms with Crippen LogP contribution in [0.4, 0.5) is 22.7 Å². The van der Waals surface area contributed by atoms with Crippen LogP contribution in [0.2, 0.25) is 0 Å². The van der Waals surface area contributed by atoms with Crippen LogP contribution in [0.1, 0.15) is 0 Å². The highest BCUT2D eigenvalue weighted by molar-refractivity contribution is 7.81. The molecule has 56 heavy (non-hydrogen) atoms. The summed E-state index contributed by atoms with van der Waals surface area (Å²) in [7, 11) is -2.12. The molecule has 2 N–H and O–H groups in total. The summed E-state index contributed by atoms with van der Waals surface area (Å²) in [6, 6.07) is 76.7. The Labute approximate surface area is 329 Å². The normalized spacial score (nSPS) is 15.1. The zero-order valence-electron chi connectivity index (χ0n) is 30.5. The largest absolute Gasteiger partial charge is 0.354 e. The fourth-order valence-corrected chi connectivity index (χ4v) is 13.4. The van der Waals surface area contributed by atoms with Gasteiger partial charge in [-0.15, -0.1) is 0 Å². The molecule has 4 heteroatoms. The van der Waals surface area contributed by atoms with Gasteiger partial charge in [-0.2, -0.15) is 0 Å². The molecule has 11 rings (SSSR count). The van der Waals surface area contributed by atoms with Crippen LogP contribution < -0.4 is 42.5 Å². The molecular formula is C52H36N2P2. The van der Waals surface area contributed by atoms with Crippen LogP contribution in [-0.2, 0) is 0 Å². The lowest BCUT2D eigenvalue weighted by molar-refractivity contribution is 1.62. The molecule has 0 amide bonds. The zero-order valence-corrected chi connectivity index (χ0v) is 32.3. The Morgan fingerprint density at radius 3 is 0.696 bits per heavy atom. The fraction of sp³-hybridized carbons (Fsp3) is 0. The maximum atomic E-state index is 4.19. The number of hydrogen-bond donors (Lipinski definition) is 2. The van der Waals surface area contributed by atoms with Crippen LogP contribution in [-0.4, -0.2) is 0 Å². The van der Waals surface area contributed by atoms with Gasteiger partial charge in [0, 0.05) is 44.0 Å². The van der Waals surface area contributed by atoms with E-state index in [1.54, 1.807) is 0 Å². The molecule has 0 radical (unpaired) electrons. The third-order valence-electron chi connectivity index (χ3n) is 11.0. The molecule has 0 aromatic heterocycles. The molecule has 0 aliphatic carbocycles. The lowest BCUT2D eigenvalue weighted by Crippen LogP contribution is -2.29. The Hall–Kier alpha value is -6.30. The van der Waals surface area contributed by atoms with Gasteiger partial charge in [0.1, 0.15) is 0 Å². The van der Waals surface area contributed by atoms with Crippen molar-refractivity contribution < 1.29 is 0 Å². The molecule has 264 valence electrons. The van der Waals surface area contributed by atoms with Gasteiger partial charge in [-0.05, 0) is 118 Å². The van der Waals surface area contributed by atoms with E-state index in [0.29, 0.717) is 0 Å². The Bertz CT molecular complexity index is 2720. The molecule has 0 unspecified atom stereocenters. The minimum absolute atomic E-state index is 1.06. The maximum Gasteiger partial charge on any atom is 0.0475 e. The van der Waals surface area contributed by atoms with Gasteiger partial charge in [-0.25, -0.2) is 0 Å². The summed E-state index contributed by atoms with van der Waals surface area (Å²) in [6.45, 7) is 0. The second-order valence-corrected chi connectivity index (χ2v) is 18.8. The number of nitrogens with one attached hydrogen (secondary N) is 2. The van der Waals surface area contributed by atoms with Gasteiger partial charge in [-0.1, -0.05) is 158 Å². The van der Waals surface area contributed by atoms with E-state index in [1.807, 2.05) is 0 Å². The predicted molar refractivity (Wildman–Crippen MR) is 247 cm³/mol. The van der Waals surface area contributed by atoms with E-state index in [2.05, 4.69) is 217 Å². The summed E-state index contributed by atoms with van der Waals surface area (Å²) in [5.41, 5.74) is 4.54. The summed E-state index contributed by atoms with van der Waals surface area (Å²) in [5.74, 6) is 0. The first kappa shape index (κ1) is 33.1. The molecule has 10 aromatic rings. The first-order valence-corrected chi connectivity index (χ1v) is 21.8. The first-order chi connectivity index (χ1) is 27.7. The van der Waals surface area contributed by atoms with E-state index < -0.39 is 15.8 Å². The summed E-state index contributed by atoms with van der Waals surface area (Å²) in [5, 5.41) is 26.0. The number of fused-ring (bicyclic) bond motifs is 8. The number of anilines is 4. The van der Waals surface area contributed by atoms with Gasteiger partial charge in [0.25, 0.3) is 0 Å². The summed E-state index contributed by atoms with van der Waals surface area (Å²) >= 11 is 0. The topological polar surface area (TPSA) is 24.1 Å². The van der Waals surface area contributed by atoms with Gasteiger partial charge in [0.2, 0.25) is 0 Å². The van der Waals surface area contributed by atoms with Crippen molar-refractivity contribution in [1.82, 2.24) is 0 Å². The van der Waals surface area contributed by atoms with Crippen LogP contribution in [0.3, 0.4) is 0 Å². The van der Waals surface area contributed by atoms with E-state index in [-0.39, 0.29) is 0 Å². The molecule has 2 nitrogen and oxygen atoms in total. The second-order valence-electron chi connectivity index (χ2n) is 14.5. The van der Waals surface area contributed by atoms with E-state index in [9.17, 15) is 0 Å². The van der Waals surface area contributed by atoms with Crippen molar-refractivity contribution in [1.29, 1.82) is 0 Å². The van der Waals surface area contributed by atoms with E-state index in [4.69, 9.17) is 0 Å². The first-order valence-electron chi connectivity index (χ1n) is 19.1. The van der Waals surface area contributed by atoms with Crippen molar-refractivity contribution in [3.8, 4) is 0 Å². The molecule has 0 saturated carbocycles. The smallest absolute Gasteiger partial charge is 0.0475 e. The SMILES string of the molecule is c1ccc(P2c3cc4ccccc4cc3Nc3cc4ccccc4cc3P(c3ccccc3)c3cc4ccccc4cc3Nc3cc4ccccc4cc32)cc1. The van der Waals surface area contributed by atoms with Crippen molar-refractivity contribution in [2.24, 2.45) is 0 Å². The van der Waals surface area contributed by atoms with E-state index in [0.717, 1.165) is 22.7 Å². The van der Waals surface area contributed by atoms with Gasteiger partial charge >= 0.3 is 0 Å². The summed E-state index contributed by atoms with van der Waals surface area (Å²) in [6.07, 6.45) is 0. The van der Waals surface area contributed by atoms with E-state index in [1.165, 1.54) is 74.9 Å². The molecular weight excluding hydrogens is 715 g/mol. The van der Waals surface area contributed by atoms with Crippen molar-refractivity contribution in [3.05, 3.63) is 206 Å². The molecule has 1 aliphatic rings. The Morgan fingerprint density at radius 2 is 0.446 bits per heavy atom. The molecule has 0 spiro atoms. The predicted octanol–water partition coefficient (Wildman–Crippen LogP) is 11.6. The van der Waals surface area contributed by atoms with Gasteiger partial charge in [0.05, 0.1) is 0 Å². The average molecular weight is 751 g/mol. The fourth-order valence-electron chi connectivity index (χ4n) is 8.31. The van der Waals surface area contributed by atoms with Crippen LogP contribution in [0.15, 0.2) is 206 Å². The summed E-state index contributed by atoms with van der Waals surface area (Å²) in [4.78, 5) is 0. The number of rotatable bonds is 2. The highest BCUT2D eigenvalue weighted by Gasteiger charge is 2.29. The molecule has 0 atom stereocenters. The third kappa shape index (κ3) is 5.82. The van der Waals surface area contributed by atoms with Gasteiger partial charge < -0.3 is 10.6 Å². The van der Waals surface area contributed by atoms with Crippen molar-refractivity contribution in [2.45, 2.75) is 0 Å². The van der Waals surface area contributed by atoms with Crippen molar-refractivity contribution in [2.75, 3.05) is 10.6 Å². The quantitative estimate of drug-likeness (QED) is 0.172. The van der Waals surface area contributed by atoms with Gasteiger partial charge in [0.15, 0.2) is 0 Å². The van der Waals surface area contributed by atoms with E-state index >= 15 is 0 Å². The minimum Gasteiger partial charge on any atom is -0.354 e. The highest BCUT2D eigenvalue weighted by Crippen LogP contribution is 2.46. The number of benzene rings is 10. The molecule has 1 heterocycles. The van der Waals surface area contributed by atoms with Crippen LogP contribution in [0, 0.1) is 0 Å². The zero-order chi connectivity index (χ0) is 37.0. The molecule has 0 fully saturated rings. The molecule has 1 aliphatic heterocycles. The minimum atomic E-state index is -1.06. The highest BCUT2D eigenvalue weighted by atomic mass is 31.1. The van der Waals surface area contributed by atoms with Gasteiger partial charge in [-0.3, -0.25) is 0 Å². The Morgan fingerprint density at radius 1 is 0.232 bits per heavy atom. The maximum absolute atomic E-state index is 4.19. The lowest BCUT2D eigenvalue weighted by Gasteiger charge is -2.31. The Kier molecular flexibility index (Phi) is 8.13. The molecule has 10 aromatic carbocycles. The lowest BCUT2D eigenvalue weighted by atomic mass is 10.1.